The third kappa shape index (κ3) is 11.8. The summed E-state index contributed by atoms with van der Waals surface area (Å²) >= 11 is 1.44. The zero-order chi connectivity index (χ0) is 31.2. The van der Waals surface area contributed by atoms with Crippen molar-refractivity contribution in [3.8, 4) is 0 Å². The molecule has 0 unspecified atom stereocenters. The number of hydrogen-bond donors (Lipinski definition) is 2. The maximum absolute atomic E-state index is 13.7. The molecule has 3 aromatic rings. The van der Waals surface area contributed by atoms with Crippen molar-refractivity contribution in [3.05, 3.63) is 88.4 Å². The number of rotatable bonds is 16. The average Bonchev–Trinajstić information content (AvgIpc) is 3.51. The smallest absolute Gasteiger partial charge is 0.407 e. The largest absolute Gasteiger partial charge is 0.444 e. The highest BCUT2D eigenvalue weighted by molar-refractivity contribution is 7.09. The third-order valence-corrected chi connectivity index (χ3v) is 8.40. The number of benzene rings is 2. The predicted octanol–water partition coefficient (Wildman–Crippen LogP) is 6.65. The van der Waals surface area contributed by atoms with Gasteiger partial charge >= 0.3 is 12.1 Å². The molecule has 0 fully saturated rings. The van der Waals surface area contributed by atoms with Crippen LogP contribution >= 0.6 is 11.3 Å². The molecule has 3 atom stereocenters. The van der Waals surface area contributed by atoms with E-state index in [-0.39, 0.29) is 42.3 Å². The van der Waals surface area contributed by atoms with Crippen molar-refractivity contribution >= 4 is 29.2 Å². The number of thiazole rings is 1. The molecule has 0 saturated carbocycles. The Hall–Kier alpha value is -3.72. The van der Waals surface area contributed by atoms with Crippen LogP contribution in [0.4, 0.5) is 9.59 Å². The van der Waals surface area contributed by atoms with E-state index in [1.54, 1.807) is 23.7 Å². The van der Waals surface area contributed by atoms with E-state index in [2.05, 4.69) is 27.8 Å². The summed E-state index contributed by atoms with van der Waals surface area (Å²) in [6.45, 7) is 7.98. The van der Waals surface area contributed by atoms with Gasteiger partial charge in [-0.1, -0.05) is 74.5 Å². The lowest BCUT2D eigenvalue weighted by Gasteiger charge is -2.29. The molecule has 1 heterocycles. The molecule has 0 bridgehead atoms. The van der Waals surface area contributed by atoms with Crippen LogP contribution in [0.25, 0.3) is 0 Å². The van der Waals surface area contributed by atoms with Gasteiger partial charge < -0.3 is 20.3 Å². The SMILES string of the molecule is CC(C)[C@H](NC(=O)N(C)C(C)C)C(=O)C[C@H](CC[C@H](Cc1ccccc1)NC(=O)OCc1cncs1)Cc1ccccc1. The second kappa shape index (κ2) is 17.4. The molecule has 232 valence electrons. The Kier molecular flexibility index (Phi) is 13.7. The van der Waals surface area contributed by atoms with Gasteiger partial charge in [-0.15, -0.1) is 11.3 Å². The zero-order valence-electron chi connectivity index (χ0n) is 26.0. The van der Waals surface area contributed by atoms with Crippen LogP contribution in [0.3, 0.4) is 0 Å². The number of ether oxygens (including phenoxy) is 1. The minimum atomic E-state index is -0.577. The molecule has 8 nitrogen and oxygen atoms in total. The van der Waals surface area contributed by atoms with Crippen LogP contribution in [0.15, 0.2) is 72.4 Å². The van der Waals surface area contributed by atoms with Crippen LogP contribution in [0, 0.1) is 11.8 Å². The van der Waals surface area contributed by atoms with E-state index in [0.717, 1.165) is 28.8 Å². The maximum Gasteiger partial charge on any atom is 0.407 e. The standard InChI is InChI=1S/C34H46N4O4S/c1-24(2)32(37-33(40)38(5)25(3)4)31(39)20-28(18-26-12-8-6-9-13-26)16-17-29(19-27-14-10-7-11-15-27)36-34(41)42-22-30-21-35-23-43-30/h6-15,21,23-25,28-29,32H,16-20,22H2,1-5H3,(H,36,41)(H,37,40)/t28-,29-,32+/m1/s1. The van der Waals surface area contributed by atoms with E-state index >= 15 is 0 Å². The quantitative estimate of drug-likeness (QED) is 0.190. The molecular formula is C34H46N4O4S. The zero-order valence-corrected chi connectivity index (χ0v) is 26.8. The first-order chi connectivity index (χ1) is 20.6. The van der Waals surface area contributed by atoms with Gasteiger partial charge in [0.25, 0.3) is 0 Å². The minimum absolute atomic E-state index is 0.0245. The van der Waals surface area contributed by atoms with Crippen LogP contribution in [-0.4, -0.2) is 53.0 Å². The molecule has 9 heteroatoms. The number of alkyl carbamates (subject to hydrolysis) is 1. The molecule has 3 amide bonds. The van der Waals surface area contributed by atoms with Crippen molar-refractivity contribution in [2.45, 2.75) is 84.5 Å². The summed E-state index contributed by atoms with van der Waals surface area (Å²) < 4.78 is 5.47. The highest BCUT2D eigenvalue weighted by atomic mass is 32.1. The lowest BCUT2D eigenvalue weighted by molar-refractivity contribution is -0.122. The highest BCUT2D eigenvalue weighted by Gasteiger charge is 2.28. The molecule has 0 aliphatic heterocycles. The van der Waals surface area contributed by atoms with Crippen molar-refractivity contribution in [1.82, 2.24) is 20.5 Å². The Balaban J connectivity index is 1.72. The van der Waals surface area contributed by atoms with Gasteiger partial charge in [0.05, 0.1) is 16.4 Å². The van der Waals surface area contributed by atoms with Crippen LogP contribution in [0.1, 0.15) is 63.0 Å². The molecule has 0 radical (unpaired) electrons. The molecule has 43 heavy (non-hydrogen) atoms. The number of Topliss-reactive ketones (excluding diaryl/α,β-unsaturated/α-hetero) is 1. The van der Waals surface area contributed by atoms with Gasteiger partial charge in [-0.3, -0.25) is 9.78 Å². The van der Waals surface area contributed by atoms with Gasteiger partial charge in [-0.05, 0) is 62.5 Å². The van der Waals surface area contributed by atoms with Crippen LogP contribution in [0.2, 0.25) is 0 Å². The van der Waals surface area contributed by atoms with E-state index in [1.165, 1.54) is 11.3 Å². The Morgan fingerprint density at radius 3 is 2.07 bits per heavy atom. The summed E-state index contributed by atoms with van der Waals surface area (Å²) in [6, 6.07) is 19.2. The summed E-state index contributed by atoms with van der Waals surface area (Å²) in [5, 5.41) is 6.04. The van der Waals surface area contributed by atoms with Crippen LogP contribution < -0.4 is 10.6 Å². The van der Waals surface area contributed by atoms with Crippen molar-refractivity contribution in [2.75, 3.05) is 7.05 Å². The summed E-state index contributed by atoms with van der Waals surface area (Å²) in [6.07, 6.45) is 4.32. The molecule has 2 aromatic carbocycles. The Bertz CT molecular complexity index is 1250. The second-order valence-corrected chi connectivity index (χ2v) is 12.7. The van der Waals surface area contributed by atoms with Crippen molar-refractivity contribution < 1.29 is 19.1 Å². The predicted molar refractivity (Wildman–Crippen MR) is 172 cm³/mol. The van der Waals surface area contributed by atoms with Gasteiger partial charge in [-0.25, -0.2) is 9.59 Å². The van der Waals surface area contributed by atoms with Gasteiger partial charge in [0.15, 0.2) is 5.78 Å². The van der Waals surface area contributed by atoms with Crippen LogP contribution in [0.5, 0.6) is 0 Å². The van der Waals surface area contributed by atoms with Gasteiger partial charge in [-0.2, -0.15) is 0 Å². The molecule has 0 aliphatic rings. The minimum Gasteiger partial charge on any atom is -0.444 e. The highest BCUT2D eigenvalue weighted by Crippen LogP contribution is 2.23. The number of nitrogens with one attached hydrogen (secondary N) is 2. The summed E-state index contributed by atoms with van der Waals surface area (Å²) in [4.78, 5) is 45.8. The van der Waals surface area contributed by atoms with E-state index in [1.807, 2.05) is 76.2 Å². The van der Waals surface area contributed by atoms with Gasteiger partial charge in [0, 0.05) is 31.7 Å². The van der Waals surface area contributed by atoms with Crippen molar-refractivity contribution in [3.63, 3.8) is 0 Å². The molecule has 2 N–H and O–H groups in total. The Labute approximate surface area is 260 Å². The van der Waals surface area contributed by atoms with E-state index in [0.29, 0.717) is 19.3 Å². The first-order valence-corrected chi connectivity index (χ1v) is 15.9. The monoisotopic (exact) mass is 606 g/mol. The lowest BCUT2D eigenvalue weighted by Crippen LogP contribution is -2.51. The van der Waals surface area contributed by atoms with Crippen molar-refractivity contribution in [1.29, 1.82) is 0 Å². The van der Waals surface area contributed by atoms with Gasteiger partial charge in [0.1, 0.15) is 6.61 Å². The number of aromatic nitrogens is 1. The normalized spacial score (nSPS) is 13.3. The number of carbonyl (C=O) groups excluding carboxylic acids is 3. The summed E-state index contributed by atoms with van der Waals surface area (Å²) in [5.74, 6) is 0.0114. The molecular weight excluding hydrogens is 560 g/mol. The topological polar surface area (TPSA) is 101 Å². The number of carbonyl (C=O) groups is 3. The number of ketones is 1. The van der Waals surface area contributed by atoms with E-state index in [9.17, 15) is 14.4 Å². The first-order valence-electron chi connectivity index (χ1n) is 15.1. The molecule has 1 aromatic heterocycles. The third-order valence-electron chi connectivity index (χ3n) is 7.64. The van der Waals surface area contributed by atoms with Crippen molar-refractivity contribution in [2.24, 2.45) is 11.8 Å². The molecule has 0 aliphatic carbocycles. The Morgan fingerprint density at radius 1 is 0.884 bits per heavy atom. The summed E-state index contributed by atoms with van der Waals surface area (Å²) in [5.41, 5.74) is 3.98. The fraction of sp³-hybridized carbons (Fsp3) is 0.471. The number of nitrogens with zero attached hydrogens (tertiary/aromatic N) is 2. The molecule has 0 spiro atoms. The number of urea groups is 1. The van der Waals surface area contributed by atoms with E-state index < -0.39 is 12.1 Å². The molecule has 3 rings (SSSR count). The van der Waals surface area contributed by atoms with E-state index in [4.69, 9.17) is 4.74 Å². The average molecular weight is 607 g/mol. The Morgan fingerprint density at radius 2 is 1.51 bits per heavy atom. The maximum atomic E-state index is 13.7. The number of hydrogen-bond acceptors (Lipinski definition) is 6. The lowest BCUT2D eigenvalue weighted by atomic mass is 9.85. The second-order valence-electron chi connectivity index (χ2n) is 11.8. The summed E-state index contributed by atoms with van der Waals surface area (Å²) in [7, 11) is 1.74. The first kappa shape index (κ1) is 33.8. The van der Waals surface area contributed by atoms with Crippen LogP contribution in [-0.2, 0) is 29.0 Å². The van der Waals surface area contributed by atoms with Gasteiger partial charge in [0.2, 0.25) is 0 Å². The number of amides is 3. The fourth-order valence-electron chi connectivity index (χ4n) is 4.94. The molecule has 0 saturated heterocycles. The fourth-order valence-corrected chi connectivity index (χ4v) is 5.45.